The molecular formula is C27H31NO5. The van der Waals surface area contributed by atoms with Gasteiger partial charge < -0.3 is 24.2 Å². The van der Waals surface area contributed by atoms with Crippen molar-refractivity contribution in [1.29, 1.82) is 0 Å². The molecule has 6 nitrogen and oxygen atoms in total. The molecule has 3 aromatic carbocycles. The largest absolute Gasteiger partial charge is 0.374 e. The molecule has 33 heavy (non-hydrogen) atoms. The monoisotopic (exact) mass is 449 g/mol. The van der Waals surface area contributed by atoms with Crippen LogP contribution < -0.4 is 5.48 Å². The first-order chi connectivity index (χ1) is 16.3. The number of benzene rings is 3. The van der Waals surface area contributed by atoms with Crippen LogP contribution in [0.4, 0.5) is 0 Å². The zero-order valence-corrected chi connectivity index (χ0v) is 18.6. The average molecular weight is 450 g/mol. The molecule has 1 aliphatic heterocycles. The van der Waals surface area contributed by atoms with Crippen molar-refractivity contribution in [3.63, 3.8) is 0 Å². The van der Waals surface area contributed by atoms with Gasteiger partial charge in [0.1, 0.15) is 18.4 Å². The Morgan fingerprint density at radius 1 is 0.727 bits per heavy atom. The standard InChI is InChI=1S/C27H31NO5/c29-28-26-16-24(31-18-22-12-6-2-7-13-22)27(32-19-23-14-8-3-9-15-23)25(33-26)20-30-17-21-10-4-1-5-11-21/h1-15,24-29H,16-20H2. The van der Waals surface area contributed by atoms with Crippen LogP contribution in [0.25, 0.3) is 0 Å². The van der Waals surface area contributed by atoms with Crippen molar-refractivity contribution in [3.8, 4) is 0 Å². The molecule has 1 saturated heterocycles. The summed E-state index contributed by atoms with van der Waals surface area (Å²) in [4.78, 5) is 0. The van der Waals surface area contributed by atoms with E-state index in [-0.39, 0.29) is 12.2 Å². The Labute approximate surface area is 195 Å². The molecule has 0 aliphatic carbocycles. The summed E-state index contributed by atoms with van der Waals surface area (Å²) in [5, 5.41) is 9.60. The maximum absolute atomic E-state index is 9.60. The summed E-state index contributed by atoms with van der Waals surface area (Å²) in [6, 6.07) is 30.0. The molecule has 0 spiro atoms. The predicted molar refractivity (Wildman–Crippen MR) is 124 cm³/mol. The Morgan fingerprint density at radius 3 is 1.79 bits per heavy atom. The number of hydroxylamine groups is 1. The van der Waals surface area contributed by atoms with Gasteiger partial charge in [-0.25, -0.2) is 0 Å². The summed E-state index contributed by atoms with van der Waals surface area (Å²) in [5.41, 5.74) is 5.49. The van der Waals surface area contributed by atoms with E-state index >= 15 is 0 Å². The maximum atomic E-state index is 9.60. The minimum Gasteiger partial charge on any atom is -0.374 e. The summed E-state index contributed by atoms with van der Waals surface area (Å²) in [6.07, 6.45) is -1.14. The Hall–Kier alpha value is -2.58. The van der Waals surface area contributed by atoms with Crippen molar-refractivity contribution in [2.24, 2.45) is 0 Å². The molecule has 4 unspecified atom stereocenters. The molecule has 1 heterocycles. The topological polar surface area (TPSA) is 69.2 Å². The third-order valence-electron chi connectivity index (χ3n) is 5.65. The van der Waals surface area contributed by atoms with Gasteiger partial charge in [-0.15, -0.1) is 0 Å². The molecule has 1 fully saturated rings. The van der Waals surface area contributed by atoms with Crippen molar-refractivity contribution in [1.82, 2.24) is 5.48 Å². The normalized spacial score (nSPS) is 22.8. The minimum atomic E-state index is -0.562. The predicted octanol–water partition coefficient (Wildman–Crippen LogP) is 4.47. The average Bonchev–Trinajstić information content (AvgIpc) is 2.88. The first-order valence-corrected chi connectivity index (χ1v) is 11.3. The van der Waals surface area contributed by atoms with Gasteiger partial charge in [-0.05, 0) is 16.7 Å². The number of nitrogens with one attached hydrogen (secondary N) is 1. The maximum Gasteiger partial charge on any atom is 0.133 e. The van der Waals surface area contributed by atoms with Crippen molar-refractivity contribution in [3.05, 3.63) is 108 Å². The fourth-order valence-corrected chi connectivity index (χ4v) is 3.93. The van der Waals surface area contributed by atoms with Gasteiger partial charge in [0, 0.05) is 6.42 Å². The smallest absolute Gasteiger partial charge is 0.133 e. The fourth-order valence-electron chi connectivity index (χ4n) is 3.93. The van der Waals surface area contributed by atoms with Crippen molar-refractivity contribution >= 4 is 0 Å². The van der Waals surface area contributed by atoms with Gasteiger partial charge in [0.25, 0.3) is 0 Å². The van der Waals surface area contributed by atoms with E-state index in [0.29, 0.717) is 32.8 Å². The van der Waals surface area contributed by atoms with Gasteiger partial charge in [-0.3, -0.25) is 0 Å². The highest BCUT2D eigenvalue weighted by Gasteiger charge is 2.40. The summed E-state index contributed by atoms with van der Waals surface area (Å²) >= 11 is 0. The molecule has 0 aromatic heterocycles. The van der Waals surface area contributed by atoms with Crippen LogP contribution in [0.1, 0.15) is 23.1 Å². The van der Waals surface area contributed by atoms with Crippen LogP contribution in [0, 0.1) is 0 Å². The highest BCUT2D eigenvalue weighted by Crippen LogP contribution is 2.27. The lowest BCUT2D eigenvalue weighted by atomic mass is 10.00. The van der Waals surface area contributed by atoms with Crippen molar-refractivity contribution in [2.45, 2.75) is 50.8 Å². The molecule has 1 aliphatic rings. The molecule has 4 atom stereocenters. The minimum absolute atomic E-state index is 0.280. The molecule has 4 rings (SSSR count). The first-order valence-electron chi connectivity index (χ1n) is 11.3. The zero-order chi connectivity index (χ0) is 22.7. The van der Waals surface area contributed by atoms with E-state index in [2.05, 4.69) is 5.48 Å². The first kappa shape index (κ1) is 23.6. The number of hydrogen-bond donors (Lipinski definition) is 2. The molecule has 174 valence electrons. The van der Waals surface area contributed by atoms with Gasteiger partial charge in [-0.2, -0.15) is 5.48 Å². The summed E-state index contributed by atoms with van der Waals surface area (Å²) in [5.74, 6) is 0. The van der Waals surface area contributed by atoms with Crippen molar-refractivity contribution in [2.75, 3.05) is 6.61 Å². The number of rotatable bonds is 11. The summed E-state index contributed by atoms with van der Waals surface area (Å²) < 4.78 is 24.7. The Morgan fingerprint density at radius 2 is 1.24 bits per heavy atom. The quantitative estimate of drug-likeness (QED) is 0.421. The second-order valence-corrected chi connectivity index (χ2v) is 8.12. The molecule has 2 N–H and O–H groups in total. The van der Waals surface area contributed by atoms with E-state index in [1.54, 1.807) is 0 Å². The molecule has 3 aromatic rings. The SMILES string of the molecule is ONC1CC(OCc2ccccc2)C(OCc2ccccc2)C(COCc2ccccc2)O1. The van der Waals surface area contributed by atoms with E-state index in [9.17, 15) is 5.21 Å². The van der Waals surface area contributed by atoms with E-state index in [4.69, 9.17) is 18.9 Å². The lowest BCUT2D eigenvalue weighted by Crippen LogP contribution is -2.55. The van der Waals surface area contributed by atoms with Crippen molar-refractivity contribution < 1.29 is 24.2 Å². The Kier molecular flexibility index (Phi) is 9.00. The Bertz CT molecular complexity index is 925. The van der Waals surface area contributed by atoms with Gasteiger partial charge in [0.15, 0.2) is 0 Å². The highest BCUT2D eigenvalue weighted by molar-refractivity contribution is 5.15. The van der Waals surface area contributed by atoms with Crippen LogP contribution in [0.5, 0.6) is 0 Å². The van der Waals surface area contributed by atoms with Gasteiger partial charge in [0.05, 0.1) is 32.5 Å². The van der Waals surface area contributed by atoms with Crippen LogP contribution in [0.3, 0.4) is 0 Å². The van der Waals surface area contributed by atoms with Crippen LogP contribution in [-0.4, -0.2) is 36.4 Å². The van der Waals surface area contributed by atoms with Crippen LogP contribution >= 0.6 is 0 Å². The molecule has 0 saturated carbocycles. The van der Waals surface area contributed by atoms with Gasteiger partial charge >= 0.3 is 0 Å². The number of ether oxygens (including phenoxy) is 4. The molecule has 0 bridgehead atoms. The van der Waals surface area contributed by atoms with Crippen LogP contribution in [0.15, 0.2) is 91.0 Å². The van der Waals surface area contributed by atoms with Crippen LogP contribution in [0.2, 0.25) is 0 Å². The lowest BCUT2D eigenvalue weighted by molar-refractivity contribution is -0.240. The van der Waals surface area contributed by atoms with Gasteiger partial charge in [0.2, 0.25) is 0 Å². The summed E-state index contributed by atoms with van der Waals surface area (Å²) in [7, 11) is 0. The molecule has 0 amide bonds. The zero-order valence-electron chi connectivity index (χ0n) is 18.6. The highest BCUT2D eigenvalue weighted by atomic mass is 16.6. The van der Waals surface area contributed by atoms with E-state index in [1.165, 1.54) is 0 Å². The number of hydrogen-bond acceptors (Lipinski definition) is 6. The van der Waals surface area contributed by atoms with E-state index < -0.39 is 12.3 Å². The third-order valence-corrected chi connectivity index (χ3v) is 5.65. The van der Waals surface area contributed by atoms with Crippen LogP contribution in [-0.2, 0) is 38.8 Å². The van der Waals surface area contributed by atoms with Gasteiger partial charge in [-0.1, -0.05) is 91.0 Å². The summed E-state index contributed by atoms with van der Waals surface area (Å²) in [6.45, 7) is 1.68. The molecule has 0 radical (unpaired) electrons. The fraction of sp³-hybridized carbons (Fsp3) is 0.333. The molecule has 6 heteroatoms. The second-order valence-electron chi connectivity index (χ2n) is 8.12. The molecular weight excluding hydrogens is 418 g/mol. The lowest BCUT2D eigenvalue weighted by Gasteiger charge is -2.41. The third kappa shape index (κ3) is 7.20. The Balaban J connectivity index is 1.44. The second kappa shape index (κ2) is 12.6. The van der Waals surface area contributed by atoms with E-state index in [0.717, 1.165) is 16.7 Å². The van der Waals surface area contributed by atoms with E-state index in [1.807, 2.05) is 91.0 Å².